The van der Waals surface area contributed by atoms with Crippen LogP contribution in [0.5, 0.6) is 0 Å². The Balaban J connectivity index is 2.19. The van der Waals surface area contributed by atoms with Crippen molar-refractivity contribution < 1.29 is 13.9 Å². The van der Waals surface area contributed by atoms with Crippen LogP contribution in [0.1, 0.15) is 39.6 Å². The Morgan fingerprint density at radius 1 is 1.21 bits per heavy atom. The summed E-state index contributed by atoms with van der Waals surface area (Å²) in [6.45, 7) is 6.99. The van der Waals surface area contributed by atoms with E-state index in [9.17, 15) is 14.0 Å². The second-order valence-corrected chi connectivity index (χ2v) is 8.36. The molecule has 1 amide bonds. The fraction of sp³-hybridized carbons (Fsp3) is 0.286. The fourth-order valence-corrected chi connectivity index (χ4v) is 3.40. The fourth-order valence-electron chi connectivity index (χ4n) is 2.89. The number of para-hydroxylation sites is 1. The van der Waals surface area contributed by atoms with Crippen molar-refractivity contribution in [2.75, 3.05) is 0 Å². The maximum atomic E-state index is 14.1. The third kappa shape index (κ3) is 4.48. The summed E-state index contributed by atoms with van der Waals surface area (Å²) in [6.07, 6.45) is -0.626. The van der Waals surface area contributed by atoms with Crippen LogP contribution in [0.3, 0.4) is 0 Å². The summed E-state index contributed by atoms with van der Waals surface area (Å²) in [6, 6.07) is 10.9. The molecule has 1 aromatic heterocycles. The van der Waals surface area contributed by atoms with E-state index in [4.69, 9.17) is 4.74 Å². The molecular weight excluding hydrogens is 441 g/mol. The van der Waals surface area contributed by atoms with Gasteiger partial charge in [-0.25, -0.2) is 14.2 Å². The Hall–Kier alpha value is -2.74. The largest absolute Gasteiger partial charge is 0.444 e. The maximum Gasteiger partial charge on any atom is 0.408 e. The number of hydrogen-bond acceptors (Lipinski definition) is 4. The number of fused-ring (bicyclic) bond motifs is 1. The maximum absolute atomic E-state index is 14.1. The average Bonchev–Trinajstić information content (AvgIpc) is 2.63. The minimum absolute atomic E-state index is 0.0523. The van der Waals surface area contributed by atoms with Crippen LogP contribution in [0, 0.1) is 5.82 Å². The van der Waals surface area contributed by atoms with E-state index in [0.717, 1.165) is 0 Å². The zero-order valence-corrected chi connectivity index (χ0v) is 18.1. The minimum atomic E-state index is -0.665. The normalized spacial score (nSPS) is 12.6. The summed E-state index contributed by atoms with van der Waals surface area (Å²) in [5.41, 5.74) is -0.234. The van der Waals surface area contributed by atoms with Gasteiger partial charge in [0, 0.05) is 0 Å². The number of nitrogens with zero attached hydrogens (tertiary/aromatic N) is 2. The van der Waals surface area contributed by atoms with Crippen LogP contribution in [-0.4, -0.2) is 21.2 Å². The average molecular weight is 462 g/mol. The van der Waals surface area contributed by atoms with Gasteiger partial charge in [-0.1, -0.05) is 18.2 Å². The number of nitrogens with one attached hydrogen (secondary N) is 1. The summed E-state index contributed by atoms with van der Waals surface area (Å²) < 4.78 is 20.8. The van der Waals surface area contributed by atoms with Crippen LogP contribution in [-0.2, 0) is 4.74 Å². The molecule has 1 atom stereocenters. The highest BCUT2D eigenvalue weighted by Gasteiger charge is 2.23. The van der Waals surface area contributed by atoms with Crippen molar-refractivity contribution in [3.05, 3.63) is 68.9 Å². The van der Waals surface area contributed by atoms with Crippen molar-refractivity contribution in [1.29, 1.82) is 0 Å². The molecule has 0 aliphatic rings. The van der Waals surface area contributed by atoms with Gasteiger partial charge in [0.1, 0.15) is 17.2 Å². The van der Waals surface area contributed by atoms with E-state index in [-0.39, 0.29) is 9.86 Å². The lowest BCUT2D eigenvalue weighted by Crippen LogP contribution is -2.37. The van der Waals surface area contributed by atoms with Crippen molar-refractivity contribution in [2.24, 2.45) is 0 Å². The van der Waals surface area contributed by atoms with Gasteiger partial charge in [-0.05, 0) is 67.9 Å². The van der Waals surface area contributed by atoms with Gasteiger partial charge in [0.2, 0.25) is 0 Å². The molecular formula is C21H21BrFN3O3. The number of ether oxygens (including phenoxy) is 1. The lowest BCUT2D eigenvalue weighted by Gasteiger charge is -2.23. The molecule has 0 aliphatic carbocycles. The van der Waals surface area contributed by atoms with E-state index in [1.807, 2.05) is 6.07 Å². The third-order valence-electron chi connectivity index (χ3n) is 4.09. The third-order valence-corrected chi connectivity index (χ3v) is 4.86. The first-order valence-corrected chi connectivity index (χ1v) is 9.83. The van der Waals surface area contributed by atoms with Crippen LogP contribution in [0.15, 0.2) is 51.7 Å². The van der Waals surface area contributed by atoms with Gasteiger partial charge in [0.15, 0.2) is 0 Å². The molecule has 0 saturated heterocycles. The van der Waals surface area contributed by atoms with Crippen LogP contribution >= 0.6 is 15.9 Å². The molecule has 0 saturated carbocycles. The highest BCUT2D eigenvalue weighted by molar-refractivity contribution is 9.10. The van der Waals surface area contributed by atoms with Gasteiger partial charge in [-0.3, -0.25) is 9.36 Å². The van der Waals surface area contributed by atoms with Crippen LogP contribution in [0.2, 0.25) is 0 Å². The Morgan fingerprint density at radius 3 is 2.48 bits per heavy atom. The highest BCUT2D eigenvalue weighted by atomic mass is 79.9. The molecule has 0 radical (unpaired) electrons. The number of amides is 1. The molecule has 3 rings (SSSR count). The van der Waals surface area contributed by atoms with Gasteiger partial charge < -0.3 is 10.1 Å². The molecule has 0 aliphatic heterocycles. The number of carbonyl (C=O) groups excluding carboxylic acids is 1. The predicted molar refractivity (Wildman–Crippen MR) is 113 cm³/mol. The minimum Gasteiger partial charge on any atom is -0.444 e. The molecule has 8 heteroatoms. The van der Waals surface area contributed by atoms with Gasteiger partial charge in [0.05, 0.1) is 27.1 Å². The molecule has 152 valence electrons. The number of aromatic nitrogens is 2. The molecule has 3 aromatic rings. The first kappa shape index (κ1) is 21.0. The monoisotopic (exact) mass is 461 g/mol. The molecule has 0 spiro atoms. The molecule has 0 fully saturated rings. The van der Waals surface area contributed by atoms with Crippen LogP contribution in [0.25, 0.3) is 16.6 Å². The zero-order chi connectivity index (χ0) is 21.3. The zero-order valence-electron chi connectivity index (χ0n) is 16.5. The van der Waals surface area contributed by atoms with Gasteiger partial charge in [-0.2, -0.15) is 0 Å². The van der Waals surface area contributed by atoms with E-state index >= 15 is 0 Å². The smallest absolute Gasteiger partial charge is 0.408 e. The van der Waals surface area contributed by atoms with Gasteiger partial charge in [0.25, 0.3) is 5.56 Å². The number of halogens is 2. The Morgan fingerprint density at radius 2 is 1.86 bits per heavy atom. The lowest BCUT2D eigenvalue weighted by atomic mass is 10.2. The first-order chi connectivity index (χ1) is 13.6. The molecule has 0 bridgehead atoms. The summed E-state index contributed by atoms with van der Waals surface area (Å²) in [7, 11) is 0. The summed E-state index contributed by atoms with van der Waals surface area (Å²) >= 11 is 3.16. The quantitative estimate of drug-likeness (QED) is 0.603. The summed E-state index contributed by atoms with van der Waals surface area (Å²) in [5.74, 6) is -0.248. The Kier molecular flexibility index (Phi) is 5.75. The highest BCUT2D eigenvalue weighted by Crippen LogP contribution is 2.25. The topological polar surface area (TPSA) is 73.2 Å². The summed E-state index contributed by atoms with van der Waals surface area (Å²) in [5, 5.41) is 2.84. The van der Waals surface area contributed by atoms with Crippen molar-refractivity contribution >= 4 is 32.9 Å². The number of rotatable bonds is 3. The van der Waals surface area contributed by atoms with Gasteiger partial charge >= 0.3 is 6.09 Å². The molecule has 0 unspecified atom stereocenters. The van der Waals surface area contributed by atoms with E-state index in [0.29, 0.717) is 17.0 Å². The number of hydrogen-bond donors (Lipinski definition) is 1. The lowest BCUT2D eigenvalue weighted by molar-refractivity contribution is 0.0505. The molecule has 1 N–H and O–H groups in total. The SMILES string of the molecule is C[C@H](NC(=O)OC(C)(C)C)c1nc2ccc(F)c(Br)c2c(=O)n1-c1ccccc1. The first-order valence-electron chi connectivity index (χ1n) is 9.04. The Labute approximate surface area is 175 Å². The molecule has 1 heterocycles. The van der Waals surface area contributed by atoms with Crippen LogP contribution < -0.4 is 10.9 Å². The standard InChI is InChI=1S/C21H21BrFN3O3/c1-12(24-20(28)29-21(2,3)4)18-25-15-11-10-14(23)17(22)16(15)19(27)26(18)13-8-6-5-7-9-13/h5-12H,1-4H3,(H,24,28)/t12-/m0/s1. The van der Waals surface area contributed by atoms with E-state index in [1.54, 1.807) is 52.0 Å². The number of carbonyl (C=O) groups is 1. The van der Waals surface area contributed by atoms with Crippen molar-refractivity contribution in [3.8, 4) is 5.69 Å². The summed E-state index contributed by atoms with van der Waals surface area (Å²) in [4.78, 5) is 30.1. The Bertz CT molecular complexity index is 1120. The number of alkyl carbamates (subject to hydrolysis) is 1. The van der Waals surface area contributed by atoms with Crippen molar-refractivity contribution in [1.82, 2.24) is 14.9 Å². The van der Waals surface area contributed by atoms with Crippen LogP contribution in [0.4, 0.5) is 9.18 Å². The van der Waals surface area contributed by atoms with E-state index in [1.165, 1.54) is 16.7 Å². The predicted octanol–water partition coefficient (Wildman–Crippen LogP) is 4.87. The second kappa shape index (κ2) is 7.94. The molecule has 29 heavy (non-hydrogen) atoms. The second-order valence-electron chi connectivity index (χ2n) is 7.57. The van der Waals surface area contributed by atoms with Crippen molar-refractivity contribution in [2.45, 2.75) is 39.3 Å². The number of benzene rings is 2. The van der Waals surface area contributed by atoms with E-state index in [2.05, 4.69) is 26.2 Å². The van der Waals surface area contributed by atoms with Crippen molar-refractivity contribution in [3.63, 3.8) is 0 Å². The van der Waals surface area contributed by atoms with E-state index < -0.39 is 29.1 Å². The van der Waals surface area contributed by atoms with Gasteiger partial charge in [-0.15, -0.1) is 0 Å². The molecule has 2 aromatic carbocycles. The molecule has 6 nitrogen and oxygen atoms in total.